The van der Waals surface area contributed by atoms with Crippen molar-refractivity contribution in [3.63, 3.8) is 0 Å². The largest absolute Gasteiger partial charge is 0.508 e. The number of allylic oxidation sites excluding steroid dienone is 2. The van der Waals surface area contributed by atoms with Crippen LogP contribution in [0.1, 0.15) is 30.7 Å². The predicted octanol–water partition coefficient (Wildman–Crippen LogP) is 4.59. The van der Waals surface area contributed by atoms with Crippen LogP contribution < -0.4 is 5.43 Å². The van der Waals surface area contributed by atoms with Gasteiger partial charge in [0.15, 0.2) is 5.43 Å². The van der Waals surface area contributed by atoms with Gasteiger partial charge < -0.3 is 19.7 Å². The first-order chi connectivity index (χ1) is 12.8. The molecular weight excluding hydrogens is 344 g/mol. The monoisotopic (exact) mass is 364 g/mol. The van der Waals surface area contributed by atoms with Gasteiger partial charge in [-0.2, -0.15) is 0 Å². The second-order valence-electron chi connectivity index (χ2n) is 6.52. The molecule has 3 aromatic rings. The summed E-state index contributed by atoms with van der Waals surface area (Å²) in [6.07, 6.45) is 5.64. The molecule has 0 spiro atoms. The first-order valence-electron chi connectivity index (χ1n) is 8.47. The normalized spacial score (nSPS) is 11.2. The zero-order valence-electron chi connectivity index (χ0n) is 15.1. The zero-order chi connectivity index (χ0) is 19.6. The van der Waals surface area contributed by atoms with Crippen LogP contribution in [0.15, 0.2) is 57.3 Å². The Morgan fingerprint density at radius 2 is 1.70 bits per heavy atom. The summed E-state index contributed by atoms with van der Waals surface area (Å²) in [5, 5.41) is 29.7. The predicted molar refractivity (Wildman–Crippen MR) is 106 cm³/mol. The van der Waals surface area contributed by atoms with E-state index in [4.69, 9.17) is 4.42 Å². The molecule has 0 unspecified atom stereocenters. The Labute approximate surface area is 156 Å². The van der Waals surface area contributed by atoms with E-state index >= 15 is 0 Å². The molecule has 0 aliphatic carbocycles. The lowest BCUT2D eigenvalue weighted by molar-refractivity contribution is 0.447. The van der Waals surface area contributed by atoms with Crippen LogP contribution in [0.4, 0.5) is 0 Å². The third-order valence-corrected chi connectivity index (χ3v) is 4.13. The fourth-order valence-corrected chi connectivity index (χ4v) is 2.72. The molecule has 1 aromatic heterocycles. The lowest BCUT2D eigenvalue weighted by Gasteiger charge is -2.09. The summed E-state index contributed by atoms with van der Waals surface area (Å²) in [5.41, 5.74) is 2.10. The van der Waals surface area contributed by atoms with Crippen LogP contribution in [-0.2, 0) is 6.42 Å². The molecule has 3 rings (SSSR count). The highest BCUT2D eigenvalue weighted by molar-refractivity contribution is 5.89. The van der Waals surface area contributed by atoms with E-state index in [1.807, 2.05) is 19.9 Å². The van der Waals surface area contributed by atoms with Gasteiger partial charge in [0.1, 0.15) is 34.0 Å². The fraction of sp³-hybridized carbons (Fsp3) is 0.136. The van der Waals surface area contributed by atoms with E-state index in [9.17, 15) is 20.1 Å². The van der Waals surface area contributed by atoms with Crippen LogP contribution in [0.2, 0.25) is 0 Å². The summed E-state index contributed by atoms with van der Waals surface area (Å²) in [6.45, 7) is 3.86. The molecule has 0 aliphatic heterocycles. The minimum atomic E-state index is -0.391. The van der Waals surface area contributed by atoms with Crippen LogP contribution in [0.5, 0.6) is 17.2 Å². The maximum absolute atomic E-state index is 12.5. The molecule has 0 fully saturated rings. The molecule has 1 heterocycles. The molecule has 0 bridgehead atoms. The van der Waals surface area contributed by atoms with Gasteiger partial charge in [0.05, 0.1) is 0 Å². The van der Waals surface area contributed by atoms with Gasteiger partial charge in [0.25, 0.3) is 0 Å². The summed E-state index contributed by atoms with van der Waals surface area (Å²) in [4.78, 5) is 12.5. The molecule has 0 saturated carbocycles. The van der Waals surface area contributed by atoms with Crippen molar-refractivity contribution in [2.45, 2.75) is 20.3 Å². The first-order valence-corrected chi connectivity index (χ1v) is 8.47. The van der Waals surface area contributed by atoms with E-state index in [0.717, 1.165) is 11.1 Å². The first kappa shape index (κ1) is 18.3. The Morgan fingerprint density at radius 3 is 2.37 bits per heavy atom. The van der Waals surface area contributed by atoms with Crippen molar-refractivity contribution in [3.05, 3.63) is 75.2 Å². The number of phenolic OH excluding ortho intramolecular Hbond substituents is 3. The number of hydrogen-bond donors (Lipinski definition) is 3. The van der Waals surface area contributed by atoms with Crippen molar-refractivity contribution in [2.24, 2.45) is 0 Å². The molecule has 0 atom stereocenters. The molecule has 0 radical (unpaired) electrons. The smallest absolute Gasteiger partial charge is 0.197 e. The van der Waals surface area contributed by atoms with Gasteiger partial charge in [-0.25, -0.2) is 0 Å². The summed E-state index contributed by atoms with van der Waals surface area (Å²) < 4.78 is 5.83. The molecule has 2 aromatic carbocycles. The van der Waals surface area contributed by atoms with Crippen LogP contribution in [0.25, 0.3) is 23.1 Å². The summed E-state index contributed by atoms with van der Waals surface area (Å²) in [6, 6.07) is 9.03. The number of hydrogen-bond acceptors (Lipinski definition) is 5. The van der Waals surface area contributed by atoms with Gasteiger partial charge in [0.2, 0.25) is 0 Å². The van der Waals surface area contributed by atoms with Crippen LogP contribution >= 0.6 is 0 Å². The van der Waals surface area contributed by atoms with E-state index in [0.29, 0.717) is 17.7 Å². The van der Waals surface area contributed by atoms with Crippen molar-refractivity contribution >= 4 is 23.1 Å². The molecule has 138 valence electrons. The maximum atomic E-state index is 12.5. The minimum Gasteiger partial charge on any atom is -0.508 e. The van der Waals surface area contributed by atoms with Crippen LogP contribution in [-0.4, -0.2) is 15.3 Å². The van der Waals surface area contributed by atoms with Gasteiger partial charge in [0, 0.05) is 17.7 Å². The molecule has 27 heavy (non-hydrogen) atoms. The number of rotatable bonds is 4. The number of benzene rings is 2. The number of fused-ring (bicyclic) bond motifs is 1. The summed E-state index contributed by atoms with van der Waals surface area (Å²) >= 11 is 0. The Kier molecular flexibility index (Phi) is 5.03. The lowest BCUT2D eigenvalue weighted by Crippen LogP contribution is -2.03. The Bertz CT molecular complexity index is 1100. The van der Waals surface area contributed by atoms with Crippen LogP contribution in [0.3, 0.4) is 0 Å². The van der Waals surface area contributed by atoms with Crippen molar-refractivity contribution in [3.8, 4) is 17.2 Å². The average molecular weight is 364 g/mol. The minimum absolute atomic E-state index is 0.0479. The number of phenols is 3. The van der Waals surface area contributed by atoms with Gasteiger partial charge in [-0.3, -0.25) is 4.79 Å². The standard InChI is InChI=1S/C22H20O5/c1-13(2)3-10-17-18(24)12-20(26)21-19(25)11-16(27-22(17)21)9-6-14-4-7-15(23)8-5-14/h3-9,11-12,23-24,26H,10H2,1-2H3/b9-6+. The third-order valence-electron chi connectivity index (χ3n) is 4.13. The molecule has 3 N–H and O–H groups in total. The summed E-state index contributed by atoms with van der Waals surface area (Å²) in [7, 11) is 0. The molecular formula is C22H20O5. The van der Waals surface area contributed by atoms with E-state index < -0.39 is 5.43 Å². The number of aromatic hydroxyl groups is 3. The lowest BCUT2D eigenvalue weighted by atomic mass is 10.0. The van der Waals surface area contributed by atoms with Crippen molar-refractivity contribution < 1.29 is 19.7 Å². The van der Waals surface area contributed by atoms with E-state index in [-0.39, 0.29) is 28.2 Å². The fourth-order valence-electron chi connectivity index (χ4n) is 2.72. The quantitative estimate of drug-likeness (QED) is 0.589. The highest BCUT2D eigenvalue weighted by Crippen LogP contribution is 2.34. The second kappa shape index (κ2) is 7.41. The second-order valence-corrected chi connectivity index (χ2v) is 6.52. The highest BCUT2D eigenvalue weighted by Gasteiger charge is 2.16. The molecule has 5 nitrogen and oxygen atoms in total. The molecule has 0 aliphatic rings. The van der Waals surface area contributed by atoms with Gasteiger partial charge in [-0.05, 0) is 44.0 Å². The molecule has 5 heteroatoms. The Balaban J connectivity index is 2.13. The van der Waals surface area contributed by atoms with Crippen molar-refractivity contribution in [2.75, 3.05) is 0 Å². The molecule has 0 amide bonds. The maximum Gasteiger partial charge on any atom is 0.197 e. The van der Waals surface area contributed by atoms with Crippen LogP contribution in [0, 0.1) is 0 Å². The van der Waals surface area contributed by atoms with Gasteiger partial charge in [-0.1, -0.05) is 29.9 Å². The SMILES string of the molecule is CC(C)=CCc1c(O)cc(O)c2c(=O)cc(/C=C/c3ccc(O)cc3)oc12. The van der Waals surface area contributed by atoms with Gasteiger partial charge in [-0.15, -0.1) is 0 Å². The molecule has 0 saturated heterocycles. The van der Waals surface area contributed by atoms with Gasteiger partial charge >= 0.3 is 0 Å². The topological polar surface area (TPSA) is 90.9 Å². The van der Waals surface area contributed by atoms with Crippen molar-refractivity contribution in [1.82, 2.24) is 0 Å². The Hall–Kier alpha value is -3.47. The summed E-state index contributed by atoms with van der Waals surface area (Å²) in [5.74, 6) is 0.0230. The average Bonchev–Trinajstić information content (AvgIpc) is 2.60. The van der Waals surface area contributed by atoms with E-state index in [1.54, 1.807) is 36.4 Å². The highest BCUT2D eigenvalue weighted by atomic mass is 16.3. The van der Waals surface area contributed by atoms with Crippen molar-refractivity contribution in [1.29, 1.82) is 0 Å². The Morgan fingerprint density at radius 1 is 1.00 bits per heavy atom. The zero-order valence-corrected chi connectivity index (χ0v) is 15.1. The third kappa shape index (κ3) is 4.03. The van der Waals surface area contributed by atoms with E-state index in [1.165, 1.54) is 12.1 Å². The van der Waals surface area contributed by atoms with E-state index in [2.05, 4.69) is 0 Å².